The number of guanidine groups is 1. The number of hydrogen-bond acceptors (Lipinski definition) is 5. The average molecular weight is 520 g/mol. The maximum atomic E-state index is 5.51. The number of anilines is 1. The van der Waals surface area contributed by atoms with Gasteiger partial charge in [0.15, 0.2) is 17.5 Å². The van der Waals surface area contributed by atoms with E-state index in [-0.39, 0.29) is 24.0 Å². The topological polar surface area (TPSA) is 67.4 Å². The Labute approximate surface area is 192 Å². The molecule has 1 unspecified atom stereocenters. The first-order chi connectivity index (χ1) is 13.6. The predicted molar refractivity (Wildman–Crippen MR) is 130 cm³/mol. The molecule has 166 valence electrons. The molecule has 0 amide bonds. The van der Waals surface area contributed by atoms with Crippen molar-refractivity contribution < 1.29 is 14.2 Å². The number of nitrogens with zero attached hydrogens (tertiary/aromatic N) is 2. The summed E-state index contributed by atoms with van der Waals surface area (Å²) in [6, 6.07) is 6.19. The lowest BCUT2D eigenvalue weighted by Crippen LogP contribution is -2.46. The van der Waals surface area contributed by atoms with Gasteiger partial charge in [0.1, 0.15) is 0 Å². The first-order valence-corrected chi connectivity index (χ1v) is 10.2. The second kappa shape index (κ2) is 13.9. The summed E-state index contributed by atoms with van der Waals surface area (Å²) in [5.41, 5.74) is 0.907. The molecule has 1 aromatic rings. The van der Waals surface area contributed by atoms with Gasteiger partial charge in [0.25, 0.3) is 0 Å². The number of rotatable bonds is 9. The summed E-state index contributed by atoms with van der Waals surface area (Å²) < 4.78 is 16.2. The van der Waals surface area contributed by atoms with E-state index in [1.165, 1.54) is 0 Å². The van der Waals surface area contributed by atoms with E-state index in [4.69, 9.17) is 19.2 Å². The molecule has 0 radical (unpaired) electrons. The zero-order valence-corrected chi connectivity index (χ0v) is 20.7. The highest BCUT2D eigenvalue weighted by atomic mass is 127. The number of ether oxygens (including phenoxy) is 3. The minimum absolute atomic E-state index is 0. The summed E-state index contributed by atoms with van der Waals surface area (Å²) in [6.07, 6.45) is 1.12. The van der Waals surface area contributed by atoms with Crippen LogP contribution in [0, 0.1) is 5.92 Å². The smallest absolute Gasteiger partial charge is 0.195 e. The lowest BCUT2D eigenvalue weighted by molar-refractivity contribution is 0.0143. The van der Waals surface area contributed by atoms with Gasteiger partial charge in [0.05, 0.1) is 34.0 Å². The summed E-state index contributed by atoms with van der Waals surface area (Å²) in [7, 11) is 3.27. The van der Waals surface area contributed by atoms with Crippen LogP contribution in [0.15, 0.2) is 23.2 Å². The minimum Gasteiger partial charge on any atom is -0.493 e. The molecule has 0 aliphatic carbocycles. The molecule has 1 atom stereocenters. The van der Waals surface area contributed by atoms with Gasteiger partial charge in [-0.1, -0.05) is 13.8 Å². The van der Waals surface area contributed by atoms with E-state index < -0.39 is 0 Å². The van der Waals surface area contributed by atoms with Crippen LogP contribution in [0.2, 0.25) is 0 Å². The standard InChI is InChI=1S/C21H36N4O3.HI/c1-6-22-21(24-17-7-8-19(26-4)20(14-17)27-5)23-15-18(13-16(2)3)25-9-11-28-12-10-25;/h7-8,14,16,18H,6,9-13,15H2,1-5H3,(H2,22,23,24);1H. The summed E-state index contributed by atoms with van der Waals surface area (Å²) in [6.45, 7) is 11.7. The molecule has 0 saturated carbocycles. The van der Waals surface area contributed by atoms with Crippen LogP contribution >= 0.6 is 24.0 Å². The molecule has 29 heavy (non-hydrogen) atoms. The van der Waals surface area contributed by atoms with Gasteiger partial charge >= 0.3 is 0 Å². The third kappa shape index (κ3) is 8.55. The number of benzene rings is 1. The second-order valence-corrected chi connectivity index (χ2v) is 7.35. The third-order valence-electron chi connectivity index (χ3n) is 4.76. The van der Waals surface area contributed by atoms with Crippen molar-refractivity contribution in [2.75, 3.05) is 58.9 Å². The van der Waals surface area contributed by atoms with Crippen LogP contribution in [0.4, 0.5) is 5.69 Å². The predicted octanol–water partition coefficient (Wildman–Crippen LogP) is 3.45. The van der Waals surface area contributed by atoms with Crippen molar-refractivity contribution in [2.45, 2.75) is 33.2 Å². The molecular weight excluding hydrogens is 483 g/mol. The second-order valence-electron chi connectivity index (χ2n) is 7.35. The van der Waals surface area contributed by atoms with Crippen LogP contribution in [0.1, 0.15) is 27.2 Å². The molecular formula is C21H37IN4O3. The van der Waals surface area contributed by atoms with Crippen LogP contribution in [-0.4, -0.2) is 70.5 Å². The van der Waals surface area contributed by atoms with Gasteiger partial charge in [-0.3, -0.25) is 9.89 Å². The minimum atomic E-state index is 0. The molecule has 7 nitrogen and oxygen atoms in total. The van der Waals surface area contributed by atoms with Gasteiger partial charge in [-0.15, -0.1) is 24.0 Å². The normalized spacial score (nSPS) is 16.1. The summed E-state index contributed by atoms with van der Waals surface area (Å²) in [5, 5.41) is 6.71. The van der Waals surface area contributed by atoms with Crippen molar-refractivity contribution in [3.8, 4) is 11.5 Å². The largest absolute Gasteiger partial charge is 0.493 e. The zero-order valence-electron chi connectivity index (χ0n) is 18.4. The first-order valence-electron chi connectivity index (χ1n) is 10.2. The number of methoxy groups -OCH3 is 2. The van der Waals surface area contributed by atoms with Crippen LogP contribution in [-0.2, 0) is 4.74 Å². The van der Waals surface area contributed by atoms with E-state index in [1.807, 2.05) is 18.2 Å². The Kier molecular flexibility index (Phi) is 12.3. The number of hydrogen-bond donors (Lipinski definition) is 2. The maximum absolute atomic E-state index is 5.51. The third-order valence-corrected chi connectivity index (χ3v) is 4.76. The van der Waals surface area contributed by atoms with Crippen molar-refractivity contribution in [1.29, 1.82) is 0 Å². The van der Waals surface area contributed by atoms with E-state index in [9.17, 15) is 0 Å². The Morgan fingerprint density at radius 1 is 1.17 bits per heavy atom. The number of nitrogens with one attached hydrogen (secondary N) is 2. The molecule has 0 aromatic heterocycles. The van der Waals surface area contributed by atoms with E-state index in [2.05, 4.69) is 36.3 Å². The number of aliphatic imine (C=N–C) groups is 1. The van der Waals surface area contributed by atoms with E-state index in [0.717, 1.165) is 57.5 Å². The van der Waals surface area contributed by atoms with Gasteiger partial charge in [-0.05, 0) is 31.4 Å². The molecule has 2 N–H and O–H groups in total. The van der Waals surface area contributed by atoms with Crippen LogP contribution in [0.3, 0.4) is 0 Å². The molecule has 0 bridgehead atoms. The summed E-state index contributed by atoms with van der Waals surface area (Å²) >= 11 is 0. The van der Waals surface area contributed by atoms with Crippen LogP contribution in [0.5, 0.6) is 11.5 Å². The molecule has 0 spiro atoms. The van der Waals surface area contributed by atoms with E-state index in [0.29, 0.717) is 23.5 Å². The molecule has 1 heterocycles. The Bertz CT molecular complexity index is 622. The molecule has 1 aliphatic rings. The highest BCUT2D eigenvalue weighted by molar-refractivity contribution is 14.0. The van der Waals surface area contributed by atoms with Crippen LogP contribution in [0.25, 0.3) is 0 Å². The molecule has 1 aliphatic heterocycles. The van der Waals surface area contributed by atoms with Gasteiger partial charge in [-0.2, -0.15) is 0 Å². The maximum Gasteiger partial charge on any atom is 0.195 e. The fourth-order valence-electron chi connectivity index (χ4n) is 3.38. The molecule has 8 heteroatoms. The van der Waals surface area contributed by atoms with Gasteiger partial charge < -0.3 is 24.8 Å². The Morgan fingerprint density at radius 2 is 1.86 bits per heavy atom. The summed E-state index contributed by atoms with van der Waals surface area (Å²) in [5.74, 6) is 2.80. The zero-order chi connectivity index (χ0) is 20.4. The fraction of sp³-hybridized carbons (Fsp3) is 0.667. The van der Waals surface area contributed by atoms with Crippen molar-refractivity contribution in [3.63, 3.8) is 0 Å². The average Bonchev–Trinajstić information content (AvgIpc) is 2.71. The lowest BCUT2D eigenvalue weighted by atomic mass is 10.0. The highest BCUT2D eigenvalue weighted by Crippen LogP contribution is 2.29. The van der Waals surface area contributed by atoms with Crippen molar-refractivity contribution in [2.24, 2.45) is 10.9 Å². The summed E-state index contributed by atoms with van der Waals surface area (Å²) in [4.78, 5) is 7.38. The highest BCUT2D eigenvalue weighted by Gasteiger charge is 2.21. The lowest BCUT2D eigenvalue weighted by Gasteiger charge is -2.34. The molecule has 1 aromatic carbocycles. The van der Waals surface area contributed by atoms with E-state index in [1.54, 1.807) is 14.2 Å². The van der Waals surface area contributed by atoms with Crippen molar-refractivity contribution in [1.82, 2.24) is 10.2 Å². The van der Waals surface area contributed by atoms with E-state index >= 15 is 0 Å². The monoisotopic (exact) mass is 520 g/mol. The SMILES string of the molecule is CCNC(=NCC(CC(C)C)N1CCOCC1)Nc1ccc(OC)c(OC)c1.I. The molecule has 1 fully saturated rings. The number of halogens is 1. The quantitative estimate of drug-likeness (QED) is 0.296. The van der Waals surface area contributed by atoms with Gasteiger partial charge in [0, 0.05) is 37.4 Å². The Balaban J connectivity index is 0.00000420. The van der Waals surface area contributed by atoms with Gasteiger partial charge in [0.2, 0.25) is 0 Å². The molecule has 2 rings (SSSR count). The molecule has 1 saturated heterocycles. The Morgan fingerprint density at radius 3 is 2.45 bits per heavy atom. The van der Waals surface area contributed by atoms with Crippen molar-refractivity contribution >= 4 is 35.6 Å². The first kappa shape index (κ1) is 25.8. The number of morpholine rings is 1. The Hall–Kier alpha value is -1.26. The van der Waals surface area contributed by atoms with Crippen LogP contribution < -0.4 is 20.1 Å². The van der Waals surface area contributed by atoms with Gasteiger partial charge in [-0.25, -0.2) is 0 Å². The van der Waals surface area contributed by atoms with Crippen molar-refractivity contribution in [3.05, 3.63) is 18.2 Å². The fourth-order valence-corrected chi connectivity index (χ4v) is 3.38.